The molecule has 0 saturated heterocycles. The fourth-order valence-electron chi connectivity index (χ4n) is 3.44. The molecule has 0 aromatic heterocycles. The summed E-state index contributed by atoms with van der Waals surface area (Å²) >= 11 is 0. The van der Waals surface area contributed by atoms with Crippen LogP contribution in [0.2, 0.25) is 0 Å². The number of fused-ring (bicyclic) bond motifs is 1. The van der Waals surface area contributed by atoms with Gasteiger partial charge < -0.3 is 10.2 Å². The van der Waals surface area contributed by atoms with Gasteiger partial charge in [-0.05, 0) is 54.5 Å². The minimum absolute atomic E-state index is 0.0235. The highest BCUT2D eigenvalue weighted by Crippen LogP contribution is 2.22. The van der Waals surface area contributed by atoms with E-state index in [0.29, 0.717) is 6.54 Å². The van der Waals surface area contributed by atoms with Crippen molar-refractivity contribution in [2.45, 2.75) is 38.8 Å². The molecule has 0 bridgehead atoms. The van der Waals surface area contributed by atoms with Crippen LogP contribution in [0.1, 0.15) is 45.5 Å². The zero-order valence-electron chi connectivity index (χ0n) is 14.7. The van der Waals surface area contributed by atoms with E-state index in [1.807, 2.05) is 12.1 Å². The van der Waals surface area contributed by atoms with E-state index in [4.69, 9.17) is 0 Å². The predicted octanol–water partition coefficient (Wildman–Crippen LogP) is 2.14. The fourth-order valence-corrected chi connectivity index (χ4v) is 3.44. The maximum Gasteiger partial charge on any atom is 0.251 e. The van der Waals surface area contributed by atoms with Gasteiger partial charge in [0.25, 0.3) is 5.91 Å². The molecule has 1 aliphatic carbocycles. The highest BCUT2D eigenvalue weighted by Gasteiger charge is 2.13. The average molecular weight is 323 g/mol. The van der Waals surface area contributed by atoms with Gasteiger partial charge in [-0.25, -0.2) is 0 Å². The van der Waals surface area contributed by atoms with Crippen LogP contribution in [0.3, 0.4) is 0 Å². The van der Waals surface area contributed by atoms with Crippen molar-refractivity contribution in [2.75, 3.05) is 14.1 Å². The van der Waals surface area contributed by atoms with E-state index in [9.17, 15) is 4.79 Å². The highest BCUT2D eigenvalue weighted by molar-refractivity contribution is 5.94. The summed E-state index contributed by atoms with van der Waals surface area (Å²) in [6.07, 6.45) is 4.75. The van der Waals surface area contributed by atoms with E-state index in [1.165, 1.54) is 40.0 Å². The minimum atomic E-state index is 0.0235. The first-order chi connectivity index (χ1) is 11.6. The lowest BCUT2D eigenvalue weighted by Gasteiger charge is -2.17. The molecule has 0 radical (unpaired) electrons. The van der Waals surface area contributed by atoms with Gasteiger partial charge in [0.1, 0.15) is 6.54 Å². The second kappa shape index (κ2) is 7.63. The van der Waals surface area contributed by atoms with Gasteiger partial charge in [0.15, 0.2) is 0 Å². The van der Waals surface area contributed by atoms with Crippen molar-refractivity contribution in [3.8, 4) is 0 Å². The Morgan fingerprint density at radius 3 is 2.46 bits per heavy atom. The van der Waals surface area contributed by atoms with Gasteiger partial charge in [0.05, 0.1) is 14.1 Å². The Morgan fingerprint density at radius 2 is 1.71 bits per heavy atom. The summed E-state index contributed by atoms with van der Waals surface area (Å²) in [5.74, 6) is 0.0235. The summed E-state index contributed by atoms with van der Waals surface area (Å²) in [6, 6.07) is 14.5. The number of hydrogen-bond donors (Lipinski definition) is 2. The van der Waals surface area contributed by atoms with E-state index in [-0.39, 0.29) is 5.91 Å². The molecule has 2 aromatic carbocycles. The summed E-state index contributed by atoms with van der Waals surface area (Å²) < 4.78 is 0. The van der Waals surface area contributed by atoms with Gasteiger partial charge in [-0.3, -0.25) is 4.79 Å². The van der Waals surface area contributed by atoms with E-state index in [0.717, 1.165) is 24.9 Å². The molecule has 0 fully saturated rings. The van der Waals surface area contributed by atoms with Crippen molar-refractivity contribution in [2.24, 2.45) is 0 Å². The molecular weight excluding hydrogens is 296 g/mol. The largest absolute Gasteiger partial charge is 0.348 e. The van der Waals surface area contributed by atoms with Gasteiger partial charge in [0, 0.05) is 17.7 Å². The molecule has 0 saturated carbocycles. The number of carbonyl (C=O) groups is 1. The Kier molecular flexibility index (Phi) is 5.31. The SMILES string of the molecule is C[NH+](C)Cc1ccccc1CNC(=O)c1ccc2c(c1)CCCC2. The zero-order chi connectivity index (χ0) is 16.9. The quantitative estimate of drug-likeness (QED) is 0.868. The van der Waals surface area contributed by atoms with Crippen LogP contribution in [-0.2, 0) is 25.9 Å². The molecule has 3 heteroatoms. The van der Waals surface area contributed by atoms with Gasteiger partial charge in [-0.2, -0.15) is 0 Å². The Bertz CT molecular complexity index is 722. The molecule has 0 aliphatic heterocycles. The van der Waals surface area contributed by atoms with Gasteiger partial charge >= 0.3 is 0 Å². The van der Waals surface area contributed by atoms with Crippen LogP contribution in [0, 0.1) is 0 Å². The number of amides is 1. The molecule has 2 N–H and O–H groups in total. The Labute approximate surface area is 144 Å². The van der Waals surface area contributed by atoms with Crippen molar-refractivity contribution in [3.63, 3.8) is 0 Å². The van der Waals surface area contributed by atoms with Crippen LogP contribution in [0.25, 0.3) is 0 Å². The van der Waals surface area contributed by atoms with Gasteiger partial charge in [-0.1, -0.05) is 30.3 Å². The van der Waals surface area contributed by atoms with Crippen LogP contribution < -0.4 is 10.2 Å². The van der Waals surface area contributed by atoms with Crippen LogP contribution in [0.4, 0.5) is 0 Å². The summed E-state index contributed by atoms with van der Waals surface area (Å²) in [6.45, 7) is 1.55. The number of carbonyl (C=O) groups excluding carboxylic acids is 1. The van der Waals surface area contributed by atoms with Gasteiger partial charge in [-0.15, -0.1) is 0 Å². The zero-order valence-corrected chi connectivity index (χ0v) is 14.7. The smallest absolute Gasteiger partial charge is 0.251 e. The van der Waals surface area contributed by atoms with Crippen LogP contribution in [0.15, 0.2) is 42.5 Å². The maximum absolute atomic E-state index is 12.5. The monoisotopic (exact) mass is 323 g/mol. The summed E-state index contributed by atoms with van der Waals surface area (Å²) in [7, 11) is 4.28. The van der Waals surface area contributed by atoms with Crippen molar-refractivity contribution in [3.05, 3.63) is 70.3 Å². The van der Waals surface area contributed by atoms with Crippen molar-refractivity contribution >= 4 is 5.91 Å². The molecule has 24 heavy (non-hydrogen) atoms. The predicted molar refractivity (Wildman–Crippen MR) is 97.2 cm³/mol. The van der Waals surface area contributed by atoms with E-state index >= 15 is 0 Å². The molecule has 1 aliphatic rings. The van der Waals surface area contributed by atoms with E-state index in [1.54, 1.807) is 0 Å². The van der Waals surface area contributed by atoms with Crippen LogP contribution in [0.5, 0.6) is 0 Å². The lowest BCUT2D eigenvalue weighted by Crippen LogP contribution is -3.04. The normalized spacial score (nSPS) is 13.6. The summed E-state index contributed by atoms with van der Waals surface area (Å²) in [4.78, 5) is 13.9. The number of aryl methyl sites for hydroxylation is 2. The standard InChI is InChI=1S/C21H26N2O/c1-23(2)15-20-10-6-5-9-19(20)14-22-21(24)18-12-11-16-7-3-4-8-17(16)13-18/h5-6,9-13H,3-4,7-8,14-15H2,1-2H3,(H,22,24)/p+1. The summed E-state index contributed by atoms with van der Waals surface area (Å²) in [5, 5.41) is 3.09. The average Bonchev–Trinajstić information content (AvgIpc) is 2.60. The van der Waals surface area contributed by atoms with Crippen molar-refractivity contribution < 1.29 is 9.69 Å². The second-order valence-electron chi connectivity index (χ2n) is 7.03. The first kappa shape index (κ1) is 16.7. The number of benzene rings is 2. The van der Waals surface area contributed by atoms with Crippen LogP contribution in [-0.4, -0.2) is 20.0 Å². The molecule has 2 aromatic rings. The summed E-state index contributed by atoms with van der Waals surface area (Å²) in [5.41, 5.74) is 6.04. The lowest BCUT2D eigenvalue weighted by molar-refractivity contribution is -0.872. The molecule has 0 unspecified atom stereocenters. The third kappa shape index (κ3) is 4.04. The third-order valence-electron chi connectivity index (χ3n) is 4.71. The highest BCUT2D eigenvalue weighted by atomic mass is 16.1. The first-order valence-corrected chi connectivity index (χ1v) is 8.89. The molecule has 0 spiro atoms. The van der Waals surface area contributed by atoms with E-state index < -0.39 is 0 Å². The van der Waals surface area contributed by atoms with E-state index in [2.05, 4.69) is 49.7 Å². The molecule has 1 amide bonds. The van der Waals surface area contributed by atoms with Crippen molar-refractivity contribution in [1.29, 1.82) is 0 Å². The Morgan fingerprint density at radius 1 is 1.00 bits per heavy atom. The molecule has 3 nitrogen and oxygen atoms in total. The maximum atomic E-state index is 12.5. The molecule has 0 heterocycles. The molecule has 3 rings (SSSR count). The van der Waals surface area contributed by atoms with Crippen LogP contribution >= 0.6 is 0 Å². The number of rotatable bonds is 5. The Hall–Kier alpha value is -2.13. The third-order valence-corrected chi connectivity index (χ3v) is 4.71. The number of nitrogens with one attached hydrogen (secondary N) is 2. The molecular formula is C21H27N2O+. The first-order valence-electron chi connectivity index (χ1n) is 8.89. The fraction of sp³-hybridized carbons (Fsp3) is 0.381. The second-order valence-corrected chi connectivity index (χ2v) is 7.03. The topological polar surface area (TPSA) is 33.5 Å². The number of hydrogen-bond acceptors (Lipinski definition) is 1. The Balaban J connectivity index is 1.68. The van der Waals surface area contributed by atoms with Gasteiger partial charge in [0.2, 0.25) is 0 Å². The lowest BCUT2D eigenvalue weighted by atomic mass is 9.90. The minimum Gasteiger partial charge on any atom is -0.348 e. The number of quaternary nitrogens is 1. The molecule has 126 valence electrons. The van der Waals surface area contributed by atoms with Crippen molar-refractivity contribution in [1.82, 2.24) is 5.32 Å². The molecule has 0 atom stereocenters.